The summed E-state index contributed by atoms with van der Waals surface area (Å²) in [5, 5.41) is 6.44. The number of hydrogen-bond acceptors (Lipinski definition) is 4. The number of aryl methyl sites for hydroxylation is 1. The van der Waals surface area contributed by atoms with Gasteiger partial charge in [-0.15, -0.1) is 0 Å². The summed E-state index contributed by atoms with van der Waals surface area (Å²) in [6, 6.07) is 11.4. The molecule has 1 amide bonds. The highest BCUT2D eigenvalue weighted by Crippen LogP contribution is 2.18. The predicted octanol–water partition coefficient (Wildman–Crippen LogP) is 4.33. The molecule has 2 aliphatic rings. The molecule has 0 aromatic heterocycles. The molecule has 0 fully saturated rings. The van der Waals surface area contributed by atoms with Gasteiger partial charge in [-0.2, -0.15) is 0 Å². The molecule has 3 atom stereocenters. The number of fused-ring (bicyclic) bond motifs is 1. The van der Waals surface area contributed by atoms with Gasteiger partial charge < -0.3 is 10.6 Å². The molecular weight excluding hydrogens is 446 g/mol. The van der Waals surface area contributed by atoms with E-state index in [1.807, 2.05) is 24.4 Å². The summed E-state index contributed by atoms with van der Waals surface area (Å²) >= 11 is 0. The van der Waals surface area contributed by atoms with Gasteiger partial charge in [-0.1, -0.05) is 37.3 Å². The smallest absolute Gasteiger partial charge is 0.269 e. The lowest BCUT2D eigenvalue weighted by Gasteiger charge is -2.23. The minimum atomic E-state index is -0.629. The van der Waals surface area contributed by atoms with Crippen LogP contribution >= 0.6 is 0 Å². The highest BCUT2D eigenvalue weighted by Gasteiger charge is 2.24. The van der Waals surface area contributed by atoms with Crippen molar-refractivity contribution in [2.75, 3.05) is 6.54 Å². The lowest BCUT2D eigenvalue weighted by Crippen LogP contribution is -2.42. The molecule has 2 aliphatic heterocycles. The van der Waals surface area contributed by atoms with Gasteiger partial charge in [0.2, 0.25) is 0 Å². The summed E-state index contributed by atoms with van der Waals surface area (Å²) in [5.41, 5.74) is 3.31. The van der Waals surface area contributed by atoms with Gasteiger partial charge >= 0.3 is 0 Å². The average molecular weight is 477 g/mol. The zero-order valence-electron chi connectivity index (χ0n) is 19.8. The number of benzene rings is 2. The highest BCUT2D eigenvalue weighted by atomic mass is 19.1. The Morgan fingerprint density at radius 3 is 2.66 bits per heavy atom. The number of hydrogen-bond donors (Lipinski definition) is 2. The van der Waals surface area contributed by atoms with Gasteiger partial charge in [-0.25, -0.2) is 8.78 Å². The summed E-state index contributed by atoms with van der Waals surface area (Å²) in [5.74, 6) is -1.50. The van der Waals surface area contributed by atoms with Gasteiger partial charge in [0.25, 0.3) is 5.91 Å². The van der Waals surface area contributed by atoms with Crippen molar-refractivity contribution in [1.82, 2.24) is 10.6 Å². The number of nitrogens with one attached hydrogen (secondary N) is 2. The molecule has 7 heteroatoms. The van der Waals surface area contributed by atoms with Crippen LogP contribution in [-0.4, -0.2) is 36.5 Å². The van der Waals surface area contributed by atoms with Crippen LogP contribution in [0.25, 0.3) is 0 Å². The number of nitrogens with zero attached hydrogens (tertiary/aromatic N) is 2. The Morgan fingerprint density at radius 2 is 1.86 bits per heavy atom. The van der Waals surface area contributed by atoms with Crippen LogP contribution in [0.2, 0.25) is 0 Å². The molecule has 0 bridgehead atoms. The standard InChI is InChI=1S/C28H30F2N4O/c1-2-19-4-3-5-20(12-19)17-31-10-8-25(15-21-13-23(29)16-24(30)14-21)33-28(35)27-7-6-22-18-32-11-9-26(22)34-27/h3-7,9,11-14,16,18,22,25-26,31H,2,8,10,15,17H2,1H3,(H,33,35)/t22?,25-,26?/m1/s1. The second-order valence-electron chi connectivity index (χ2n) is 8.87. The average Bonchev–Trinajstić information content (AvgIpc) is 2.85. The first-order valence-corrected chi connectivity index (χ1v) is 12.0. The highest BCUT2D eigenvalue weighted by molar-refractivity contribution is 6.43. The molecule has 2 N–H and O–H groups in total. The Hall–Kier alpha value is -3.45. The van der Waals surface area contributed by atoms with Gasteiger partial charge in [0, 0.05) is 37.0 Å². The molecule has 0 saturated heterocycles. The minimum Gasteiger partial charge on any atom is -0.348 e. The molecule has 2 aromatic carbocycles. The first-order valence-electron chi connectivity index (χ1n) is 12.0. The largest absolute Gasteiger partial charge is 0.348 e. The van der Waals surface area contributed by atoms with Crippen LogP contribution in [0.5, 0.6) is 0 Å². The van der Waals surface area contributed by atoms with E-state index in [1.165, 1.54) is 23.3 Å². The van der Waals surface area contributed by atoms with Crippen LogP contribution in [0.3, 0.4) is 0 Å². The zero-order chi connectivity index (χ0) is 24.6. The van der Waals surface area contributed by atoms with Crippen LogP contribution in [0.4, 0.5) is 8.78 Å². The monoisotopic (exact) mass is 476 g/mol. The fourth-order valence-corrected chi connectivity index (χ4v) is 4.30. The Morgan fingerprint density at radius 1 is 1.06 bits per heavy atom. The van der Waals surface area contributed by atoms with E-state index in [2.05, 4.69) is 45.7 Å². The maximum Gasteiger partial charge on any atom is 0.269 e. The summed E-state index contributed by atoms with van der Waals surface area (Å²) < 4.78 is 27.5. The van der Waals surface area contributed by atoms with Crippen molar-refractivity contribution in [3.63, 3.8) is 0 Å². The molecule has 2 aromatic rings. The second-order valence-corrected chi connectivity index (χ2v) is 8.87. The number of carbonyl (C=O) groups excluding carboxylic acids is 1. The van der Waals surface area contributed by atoms with Crippen molar-refractivity contribution in [1.29, 1.82) is 0 Å². The Labute approximate surface area is 204 Å². The number of halogens is 2. The van der Waals surface area contributed by atoms with E-state index in [9.17, 15) is 13.6 Å². The third kappa shape index (κ3) is 7.02. The molecule has 35 heavy (non-hydrogen) atoms. The first-order chi connectivity index (χ1) is 17.0. The fourth-order valence-electron chi connectivity index (χ4n) is 4.30. The fraction of sp³-hybridized carbons (Fsp3) is 0.321. The van der Waals surface area contributed by atoms with Crippen molar-refractivity contribution in [2.24, 2.45) is 15.9 Å². The van der Waals surface area contributed by atoms with Crippen LogP contribution in [0, 0.1) is 17.6 Å². The van der Waals surface area contributed by atoms with E-state index < -0.39 is 11.6 Å². The molecule has 0 saturated carbocycles. The summed E-state index contributed by atoms with van der Waals surface area (Å²) in [4.78, 5) is 21.7. The van der Waals surface area contributed by atoms with Gasteiger partial charge in [-0.3, -0.25) is 14.8 Å². The van der Waals surface area contributed by atoms with E-state index in [4.69, 9.17) is 0 Å². The normalized spacial score (nSPS) is 19.2. The Kier molecular flexibility index (Phi) is 8.32. The van der Waals surface area contributed by atoms with Crippen molar-refractivity contribution in [2.45, 2.75) is 44.8 Å². The SMILES string of the molecule is CCc1cccc(CNCC[C@H](Cc2cc(F)cc(F)c2)NC(=O)C2=NC3C=CN=CC3C=C2)c1. The Balaban J connectivity index is 1.40. The van der Waals surface area contributed by atoms with Gasteiger partial charge in [0.05, 0.1) is 6.04 Å². The van der Waals surface area contributed by atoms with Crippen molar-refractivity contribution >= 4 is 17.8 Å². The van der Waals surface area contributed by atoms with E-state index in [0.717, 1.165) is 12.5 Å². The maximum atomic E-state index is 13.8. The van der Waals surface area contributed by atoms with Crippen LogP contribution in [-0.2, 0) is 24.2 Å². The predicted molar refractivity (Wildman–Crippen MR) is 136 cm³/mol. The summed E-state index contributed by atoms with van der Waals surface area (Å²) in [6.45, 7) is 3.46. The number of rotatable bonds is 10. The second kappa shape index (κ2) is 11.8. The lowest BCUT2D eigenvalue weighted by molar-refractivity contribution is -0.115. The van der Waals surface area contributed by atoms with E-state index in [-0.39, 0.29) is 23.9 Å². The van der Waals surface area contributed by atoms with Crippen molar-refractivity contribution in [3.05, 3.63) is 95.2 Å². The molecule has 2 heterocycles. The van der Waals surface area contributed by atoms with Crippen molar-refractivity contribution < 1.29 is 13.6 Å². The molecule has 0 spiro atoms. The molecule has 5 nitrogen and oxygen atoms in total. The lowest BCUT2D eigenvalue weighted by atomic mass is 9.95. The number of dihydropyridines is 1. The van der Waals surface area contributed by atoms with E-state index in [1.54, 1.807) is 12.3 Å². The minimum absolute atomic E-state index is 0.0537. The number of carbonyl (C=O) groups is 1. The molecule has 182 valence electrons. The third-order valence-corrected chi connectivity index (χ3v) is 6.16. The molecular formula is C28H30F2N4O. The maximum absolute atomic E-state index is 13.8. The topological polar surface area (TPSA) is 65.8 Å². The van der Waals surface area contributed by atoms with Crippen LogP contribution in [0.15, 0.2) is 76.9 Å². The van der Waals surface area contributed by atoms with E-state index >= 15 is 0 Å². The third-order valence-electron chi connectivity index (χ3n) is 6.16. The summed E-state index contributed by atoms with van der Waals surface area (Å²) in [7, 11) is 0. The zero-order valence-corrected chi connectivity index (χ0v) is 19.8. The number of aliphatic imine (C=N–C) groups is 2. The van der Waals surface area contributed by atoms with Crippen LogP contribution in [0.1, 0.15) is 30.0 Å². The van der Waals surface area contributed by atoms with E-state index in [0.29, 0.717) is 37.2 Å². The molecule has 0 radical (unpaired) electrons. The van der Waals surface area contributed by atoms with Crippen LogP contribution < -0.4 is 10.6 Å². The molecule has 4 rings (SSSR count). The van der Waals surface area contributed by atoms with Gasteiger partial charge in [0.15, 0.2) is 0 Å². The van der Waals surface area contributed by atoms with Gasteiger partial charge in [0.1, 0.15) is 17.3 Å². The van der Waals surface area contributed by atoms with Gasteiger partial charge in [-0.05, 0) is 66.8 Å². The molecule has 0 aliphatic carbocycles. The first kappa shape index (κ1) is 24.7. The number of amides is 1. The van der Waals surface area contributed by atoms with Crippen molar-refractivity contribution in [3.8, 4) is 0 Å². The Bertz CT molecular complexity index is 1150. The summed E-state index contributed by atoms with van der Waals surface area (Å²) in [6.07, 6.45) is 10.9. The quantitative estimate of drug-likeness (QED) is 0.502. The molecule has 2 unspecified atom stereocenters.